The van der Waals surface area contributed by atoms with Gasteiger partial charge in [0.2, 0.25) is 5.91 Å². The largest absolute Gasteiger partial charge is 0.491 e. The van der Waals surface area contributed by atoms with Crippen molar-refractivity contribution in [1.82, 2.24) is 14.9 Å². The van der Waals surface area contributed by atoms with Gasteiger partial charge in [0, 0.05) is 37.5 Å². The third kappa shape index (κ3) is 5.49. The highest BCUT2D eigenvalue weighted by Gasteiger charge is 2.18. The summed E-state index contributed by atoms with van der Waals surface area (Å²) < 4.78 is 11.8. The zero-order valence-corrected chi connectivity index (χ0v) is 18.2. The molecule has 0 saturated heterocycles. The maximum atomic E-state index is 12.6. The van der Waals surface area contributed by atoms with E-state index in [0.717, 1.165) is 33.6 Å². The third-order valence-corrected chi connectivity index (χ3v) is 5.41. The molecule has 7 nitrogen and oxygen atoms in total. The Hall–Kier alpha value is -3.29. The predicted molar refractivity (Wildman–Crippen MR) is 122 cm³/mol. The molecule has 1 atom stereocenters. The van der Waals surface area contributed by atoms with Gasteiger partial charge in [-0.2, -0.15) is 0 Å². The molecule has 0 spiro atoms. The van der Waals surface area contributed by atoms with Gasteiger partial charge in [-0.15, -0.1) is 0 Å². The van der Waals surface area contributed by atoms with Crippen LogP contribution in [-0.2, 0) is 22.5 Å². The number of ether oxygens (including phenoxy) is 2. The molecule has 7 heteroatoms. The summed E-state index contributed by atoms with van der Waals surface area (Å²) >= 11 is 0. The van der Waals surface area contributed by atoms with E-state index < -0.39 is 6.04 Å². The van der Waals surface area contributed by atoms with Crippen molar-refractivity contribution in [3.63, 3.8) is 0 Å². The van der Waals surface area contributed by atoms with Gasteiger partial charge in [0.15, 0.2) is 0 Å². The number of carbonyl (C=O) groups is 1. The zero-order chi connectivity index (χ0) is 22.3. The van der Waals surface area contributed by atoms with Crippen LogP contribution in [0, 0.1) is 0 Å². The van der Waals surface area contributed by atoms with E-state index in [0.29, 0.717) is 39.3 Å². The van der Waals surface area contributed by atoms with Gasteiger partial charge in [-0.1, -0.05) is 30.3 Å². The highest BCUT2D eigenvalue weighted by molar-refractivity contribution is 5.81. The van der Waals surface area contributed by atoms with Crippen LogP contribution in [-0.4, -0.2) is 53.2 Å². The van der Waals surface area contributed by atoms with E-state index in [2.05, 4.69) is 28.2 Å². The molecule has 0 saturated carbocycles. The first-order valence-corrected chi connectivity index (χ1v) is 10.8. The van der Waals surface area contributed by atoms with Crippen LogP contribution < -0.4 is 10.5 Å². The first-order chi connectivity index (χ1) is 15.6. The lowest BCUT2D eigenvalue weighted by molar-refractivity contribution is -0.133. The average Bonchev–Trinajstić information content (AvgIpc) is 2.81. The van der Waals surface area contributed by atoms with Gasteiger partial charge in [-0.25, -0.2) is 9.97 Å². The molecule has 32 heavy (non-hydrogen) atoms. The van der Waals surface area contributed by atoms with Crippen LogP contribution in [0.15, 0.2) is 61.2 Å². The standard InChI is InChI=1S/C25H28N4O3/c1-18(26)25(30)29-7-8-31-9-10-32-24-6-5-21(23-14-27-17-28-15-23)13-22(24)12-19-3-2-4-20(11-19)16-29/h2-6,11,13-15,17-18H,7-10,12,16,26H2,1H3/t18-/m1/s1. The first kappa shape index (κ1) is 21.9. The van der Waals surface area contributed by atoms with E-state index in [1.165, 1.54) is 6.33 Å². The van der Waals surface area contributed by atoms with Gasteiger partial charge in [0.1, 0.15) is 18.7 Å². The summed E-state index contributed by atoms with van der Waals surface area (Å²) in [5.41, 5.74) is 11.1. The monoisotopic (exact) mass is 432 g/mol. The van der Waals surface area contributed by atoms with Crippen molar-refractivity contribution in [2.45, 2.75) is 25.9 Å². The summed E-state index contributed by atoms with van der Waals surface area (Å²) in [7, 11) is 0. The molecule has 0 aliphatic carbocycles. The van der Waals surface area contributed by atoms with Crippen LogP contribution in [0.2, 0.25) is 0 Å². The van der Waals surface area contributed by atoms with Gasteiger partial charge >= 0.3 is 0 Å². The Morgan fingerprint density at radius 2 is 1.84 bits per heavy atom. The van der Waals surface area contributed by atoms with Crippen molar-refractivity contribution in [2.75, 3.05) is 26.4 Å². The molecule has 1 aliphatic rings. The summed E-state index contributed by atoms with van der Waals surface area (Å²) in [5.74, 6) is 0.757. The minimum absolute atomic E-state index is 0.0811. The van der Waals surface area contributed by atoms with Crippen LogP contribution >= 0.6 is 0 Å². The second-order valence-corrected chi connectivity index (χ2v) is 7.96. The van der Waals surface area contributed by atoms with Gasteiger partial charge in [0.05, 0.1) is 19.3 Å². The summed E-state index contributed by atoms with van der Waals surface area (Å²) in [6.45, 7) is 4.01. The van der Waals surface area contributed by atoms with Crippen LogP contribution in [0.1, 0.15) is 23.6 Å². The average molecular weight is 433 g/mol. The zero-order valence-electron chi connectivity index (χ0n) is 18.2. The Balaban J connectivity index is 1.66. The van der Waals surface area contributed by atoms with Crippen molar-refractivity contribution in [3.8, 4) is 16.9 Å². The Morgan fingerprint density at radius 3 is 2.66 bits per heavy atom. The lowest BCUT2D eigenvalue weighted by Crippen LogP contribution is -2.43. The number of nitrogens with zero attached hydrogens (tertiary/aromatic N) is 3. The van der Waals surface area contributed by atoms with Gasteiger partial charge in [-0.3, -0.25) is 4.79 Å². The fourth-order valence-electron chi connectivity index (χ4n) is 3.81. The fourth-order valence-corrected chi connectivity index (χ4v) is 3.81. The van der Waals surface area contributed by atoms with E-state index in [9.17, 15) is 4.79 Å². The van der Waals surface area contributed by atoms with Gasteiger partial charge < -0.3 is 20.1 Å². The maximum absolute atomic E-state index is 12.6. The molecule has 4 rings (SSSR count). The molecule has 0 radical (unpaired) electrons. The molecule has 3 aromatic rings. The smallest absolute Gasteiger partial charge is 0.239 e. The highest BCUT2D eigenvalue weighted by Crippen LogP contribution is 2.28. The molecule has 2 heterocycles. The molecule has 1 aromatic heterocycles. The maximum Gasteiger partial charge on any atom is 0.239 e. The molecule has 0 fully saturated rings. The predicted octanol–water partition coefficient (Wildman–Crippen LogP) is 2.82. The number of fused-ring (bicyclic) bond motifs is 3. The Bertz CT molecular complexity index is 1060. The second-order valence-electron chi connectivity index (χ2n) is 7.96. The Morgan fingerprint density at radius 1 is 1.03 bits per heavy atom. The number of benzene rings is 2. The highest BCUT2D eigenvalue weighted by atomic mass is 16.5. The van der Waals surface area contributed by atoms with Crippen molar-refractivity contribution >= 4 is 5.91 Å². The lowest BCUT2D eigenvalue weighted by Gasteiger charge is -2.25. The van der Waals surface area contributed by atoms with E-state index >= 15 is 0 Å². The summed E-state index contributed by atoms with van der Waals surface area (Å²) in [6.07, 6.45) is 5.83. The van der Waals surface area contributed by atoms with Crippen LogP contribution in [0.25, 0.3) is 11.1 Å². The van der Waals surface area contributed by atoms with E-state index in [1.54, 1.807) is 24.2 Å². The quantitative estimate of drug-likeness (QED) is 0.670. The molecule has 1 amide bonds. The molecule has 166 valence electrons. The van der Waals surface area contributed by atoms with Crippen molar-refractivity contribution in [3.05, 3.63) is 77.9 Å². The van der Waals surface area contributed by atoms with Crippen LogP contribution in [0.4, 0.5) is 0 Å². The number of hydrogen-bond donors (Lipinski definition) is 1. The number of aromatic nitrogens is 2. The molecular formula is C25H28N4O3. The number of rotatable bonds is 2. The van der Waals surface area contributed by atoms with Crippen molar-refractivity contribution in [2.24, 2.45) is 5.73 Å². The van der Waals surface area contributed by atoms with E-state index in [4.69, 9.17) is 15.2 Å². The second kappa shape index (κ2) is 10.3. The minimum atomic E-state index is -0.548. The Labute approximate surface area is 188 Å². The third-order valence-electron chi connectivity index (χ3n) is 5.41. The number of nitrogens with two attached hydrogens (primary N) is 1. The first-order valence-electron chi connectivity index (χ1n) is 10.8. The summed E-state index contributed by atoms with van der Waals surface area (Å²) in [5, 5.41) is 0. The molecular weight excluding hydrogens is 404 g/mol. The molecule has 0 unspecified atom stereocenters. The molecule has 1 aliphatic heterocycles. The Kier molecular flexibility index (Phi) is 7.09. The number of hydrogen-bond acceptors (Lipinski definition) is 6. The summed E-state index contributed by atoms with van der Waals surface area (Å²) in [4.78, 5) is 22.6. The molecule has 2 N–H and O–H groups in total. The van der Waals surface area contributed by atoms with E-state index in [1.807, 2.05) is 24.3 Å². The molecule has 2 bridgehead atoms. The fraction of sp³-hybridized carbons (Fsp3) is 0.320. The van der Waals surface area contributed by atoms with E-state index in [-0.39, 0.29) is 5.91 Å². The van der Waals surface area contributed by atoms with Gasteiger partial charge in [-0.05, 0) is 41.3 Å². The normalized spacial score (nSPS) is 15.8. The number of amides is 1. The van der Waals surface area contributed by atoms with Gasteiger partial charge in [0.25, 0.3) is 0 Å². The van der Waals surface area contributed by atoms with Crippen molar-refractivity contribution in [1.29, 1.82) is 0 Å². The van der Waals surface area contributed by atoms with Crippen LogP contribution in [0.5, 0.6) is 5.75 Å². The molecule has 2 aromatic carbocycles. The number of carbonyl (C=O) groups excluding carboxylic acids is 1. The SMILES string of the molecule is C[C@@H](N)C(=O)N1CCOCCOc2ccc(-c3cncnc3)cc2Cc2cccc(c2)C1. The topological polar surface area (TPSA) is 90.6 Å². The van der Waals surface area contributed by atoms with Crippen LogP contribution in [0.3, 0.4) is 0 Å². The summed E-state index contributed by atoms with van der Waals surface area (Å²) in [6, 6.07) is 13.9. The minimum Gasteiger partial charge on any atom is -0.491 e. The van der Waals surface area contributed by atoms with Crippen molar-refractivity contribution < 1.29 is 14.3 Å². The lowest BCUT2D eigenvalue weighted by atomic mass is 9.98.